The fourth-order valence-corrected chi connectivity index (χ4v) is 3.24. The van der Waals surface area contributed by atoms with Gasteiger partial charge in [-0.15, -0.1) is 0 Å². The molecule has 1 atom stereocenters. The zero-order valence-corrected chi connectivity index (χ0v) is 17.9. The van der Waals surface area contributed by atoms with E-state index in [1.165, 1.54) is 22.8 Å². The Balaban J connectivity index is 0.00000272. The first-order valence-electron chi connectivity index (χ1n) is 8.74. The molecule has 1 aromatic carbocycles. The number of anilines is 3. The molecule has 0 aliphatic carbocycles. The molecule has 3 aromatic heterocycles. The number of nitrogen functional groups attached to an aromatic ring is 2. The second-order valence-electron chi connectivity index (χ2n) is 6.46. The molecule has 0 saturated heterocycles. The first-order valence-corrected chi connectivity index (χ1v) is 9.12. The van der Waals surface area contributed by atoms with Crippen molar-refractivity contribution in [1.29, 1.82) is 0 Å². The largest absolute Gasteiger partial charge is 0.392 e. The Morgan fingerprint density at radius 2 is 2.03 bits per heavy atom. The van der Waals surface area contributed by atoms with Gasteiger partial charge in [0, 0.05) is 17.3 Å². The summed E-state index contributed by atoms with van der Waals surface area (Å²) in [5, 5.41) is 7.68. The van der Waals surface area contributed by atoms with Gasteiger partial charge >= 0.3 is 0 Å². The van der Waals surface area contributed by atoms with Crippen LogP contribution in [-0.2, 0) is 0 Å². The Bertz CT molecular complexity index is 1320. The maximum atomic E-state index is 13.9. The first-order chi connectivity index (χ1) is 14.4. The van der Waals surface area contributed by atoms with Crippen molar-refractivity contribution in [3.05, 3.63) is 64.5 Å². The van der Waals surface area contributed by atoms with Crippen LogP contribution in [0.1, 0.15) is 18.5 Å². The maximum absolute atomic E-state index is 13.9. The van der Waals surface area contributed by atoms with Crippen molar-refractivity contribution in [3.8, 4) is 11.3 Å². The van der Waals surface area contributed by atoms with E-state index in [-0.39, 0.29) is 36.8 Å². The molecule has 0 fully saturated rings. The number of rotatable bonds is 4. The van der Waals surface area contributed by atoms with Crippen LogP contribution >= 0.6 is 25.1 Å². The molecule has 0 aliphatic heterocycles. The number of fused-ring (bicyclic) bond motifs is 1. The van der Waals surface area contributed by atoms with E-state index in [9.17, 15) is 4.39 Å². The van der Waals surface area contributed by atoms with E-state index in [2.05, 4.69) is 30.2 Å². The van der Waals surface area contributed by atoms with Crippen LogP contribution in [0.25, 0.3) is 21.7 Å². The van der Waals surface area contributed by atoms with Crippen molar-refractivity contribution in [2.45, 2.75) is 13.0 Å². The molecule has 0 bridgehead atoms. The number of nitrogens with two attached hydrogens (primary N) is 2. The SMILES string of the molecule is S.[C-]#[N+]c1c(N)nc(N)nc1N[C@@H](C)c1cn2ncc(Cl)c2nc1-c1cccc(F)c1. The monoisotopic (exact) mass is 457 g/mol. The van der Waals surface area contributed by atoms with Gasteiger partial charge in [0.05, 0.1) is 24.5 Å². The van der Waals surface area contributed by atoms with Gasteiger partial charge in [-0.05, 0) is 19.1 Å². The molecule has 12 heteroatoms. The molecule has 9 nitrogen and oxygen atoms in total. The molecule has 0 aliphatic rings. The van der Waals surface area contributed by atoms with Gasteiger partial charge in [0.2, 0.25) is 5.95 Å². The average Bonchev–Trinajstić information content (AvgIpc) is 3.07. The molecular weight excluding hydrogens is 441 g/mol. The summed E-state index contributed by atoms with van der Waals surface area (Å²) in [5.41, 5.74) is 13.7. The Hall–Kier alpha value is -3.62. The molecular formula is C19H17ClFN9S. The number of hydrogen-bond acceptors (Lipinski definition) is 7. The van der Waals surface area contributed by atoms with Crippen molar-refractivity contribution in [2.24, 2.45) is 0 Å². The lowest BCUT2D eigenvalue weighted by molar-refractivity contribution is 0.628. The Morgan fingerprint density at radius 1 is 1.26 bits per heavy atom. The summed E-state index contributed by atoms with van der Waals surface area (Å²) in [5.74, 6) is -0.296. The summed E-state index contributed by atoms with van der Waals surface area (Å²) in [6.45, 7) is 9.19. The fraction of sp³-hybridized carbons (Fsp3) is 0.105. The number of aromatic nitrogens is 5. The van der Waals surface area contributed by atoms with Crippen LogP contribution in [0, 0.1) is 12.4 Å². The Labute approximate surface area is 188 Å². The third-order valence-corrected chi connectivity index (χ3v) is 4.70. The predicted octanol–water partition coefficient (Wildman–Crippen LogP) is 3.98. The van der Waals surface area contributed by atoms with E-state index < -0.39 is 11.9 Å². The van der Waals surface area contributed by atoms with E-state index in [4.69, 9.17) is 29.6 Å². The van der Waals surface area contributed by atoms with E-state index in [0.29, 0.717) is 27.5 Å². The molecule has 4 aromatic rings. The highest BCUT2D eigenvalue weighted by molar-refractivity contribution is 7.59. The van der Waals surface area contributed by atoms with Crippen molar-refractivity contribution >= 4 is 54.0 Å². The Kier molecular flexibility index (Phi) is 6.14. The van der Waals surface area contributed by atoms with Crippen LogP contribution in [0.4, 0.5) is 27.7 Å². The average molecular weight is 458 g/mol. The molecule has 158 valence electrons. The quantitative estimate of drug-likeness (QED) is 0.396. The molecule has 4 rings (SSSR count). The van der Waals surface area contributed by atoms with Crippen molar-refractivity contribution in [3.63, 3.8) is 0 Å². The standard InChI is InChI=1S/C19H15ClFN9.H2S/c1-9(26-17-15(24-2)16(22)28-19(23)29-17)12-8-30-18(13(20)7-25-30)27-14(12)10-4-3-5-11(21)6-10;/h3-9H,1H3,(H5,22,23,26,28,29);1H2/t9-;/m0./s1. The predicted molar refractivity (Wildman–Crippen MR) is 123 cm³/mol. The third-order valence-electron chi connectivity index (χ3n) is 4.44. The van der Waals surface area contributed by atoms with E-state index >= 15 is 0 Å². The van der Waals surface area contributed by atoms with Gasteiger partial charge in [-0.25, -0.2) is 28.7 Å². The third kappa shape index (κ3) is 4.16. The van der Waals surface area contributed by atoms with Gasteiger partial charge in [0.1, 0.15) is 22.5 Å². The summed E-state index contributed by atoms with van der Waals surface area (Å²) < 4.78 is 15.4. The summed E-state index contributed by atoms with van der Waals surface area (Å²) in [7, 11) is 0. The smallest absolute Gasteiger partial charge is 0.268 e. The minimum absolute atomic E-state index is 0. The van der Waals surface area contributed by atoms with E-state index in [1.807, 2.05) is 6.92 Å². The van der Waals surface area contributed by atoms with Crippen LogP contribution < -0.4 is 16.8 Å². The number of hydrogen-bond donors (Lipinski definition) is 3. The second-order valence-corrected chi connectivity index (χ2v) is 6.87. The molecule has 31 heavy (non-hydrogen) atoms. The first kappa shape index (κ1) is 22.1. The summed E-state index contributed by atoms with van der Waals surface area (Å²) in [6.07, 6.45) is 3.21. The van der Waals surface area contributed by atoms with Crippen LogP contribution in [0.2, 0.25) is 5.02 Å². The lowest BCUT2D eigenvalue weighted by atomic mass is 10.0. The van der Waals surface area contributed by atoms with Crippen LogP contribution in [0.5, 0.6) is 0 Å². The maximum Gasteiger partial charge on any atom is 0.268 e. The molecule has 0 spiro atoms. The van der Waals surface area contributed by atoms with Gasteiger partial charge in [-0.3, -0.25) is 0 Å². The Morgan fingerprint density at radius 3 is 2.74 bits per heavy atom. The van der Waals surface area contributed by atoms with Gasteiger partial charge < -0.3 is 16.8 Å². The van der Waals surface area contributed by atoms with Crippen LogP contribution in [-0.4, -0.2) is 24.6 Å². The van der Waals surface area contributed by atoms with Crippen LogP contribution in [0.15, 0.2) is 36.7 Å². The minimum atomic E-state index is -0.433. The van der Waals surface area contributed by atoms with Gasteiger partial charge in [-0.2, -0.15) is 18.6 Å². The number of nitrogens with zero attached hydrogens (tertiary/aromatic N) is 6. The summed E-state index contributed by atoms with van der Waals surface area (Å²) in [4.78, 5) is 15.9. The second kappa shape index (κ2) is 8.63. The molecule has 5 N–H and O–H groups in total. The zero-order valence-electron chi connectivity index (χ0n) is 16.1. The van der Waals surface area contributed by atoms with Crippen molar-refractivity contribution < 1.29 is 4.39 Å². The number of halogens is 2. The highest BCUT2D eigenvalue weighted by Gasteiger charge is 2.20. The normalized spacial score (nSPS) is 11.5. The van der Waals surface area contributed by atoms with E-state index in [1.54, 1.807) is 18.3 Å². The molecule has 0 radical (unpaired) electrons. The lowest BCUT2D eigenvalue weighted by Gasteiger charge is -2.19. The minimum Gasteiger partial charge on any atom is -0.392 e. The highest BCUT2D eigenvalue weighted by atomic mass is 35.5. The fourth-order valence-electron chi connectivity index (χ4n) is 3.06. The molecule has 0 saturated carbocycles. The van der Waals surface area contributed by atoms with Gasteiger partial charge in [0.25, 0.3) is 5.69 Å². The highest BCUT2D eigenvalue weighted by Crippen LogP contribution is 2.35. The van der Waals surface area contributed by atoms with Gasteiger partial charge in [-0.1, -0.05) is 23.7 Å². The molecule has 3 heterocycles. The molecule has 0 amide bonds. The van der Waals surface area contributed by atoms with Crippen LogP contribution in [0.3, 0.4) is 0 Å². The number of nitrogens with one attached hydrogen (secondary N) is 1. The van der Waals surface area contributed by atoms with Crippen molar-refractivity contribution in [1.82, 2.24) is 24.6 Å². The molecule has 0 unspecified atom stereocenters. The lowest BCUT2D eigenvalue weighted by Crippen LogP contribution is -2.13. The van der Waals surface area contributed by atoms with Crippen molar-refractivity contribution in [2.75, 3.05) is 16.8 Å². The van der Waals surface area contributed by atoms with Gasteiger partial charge in [0.15, 0.2) is 5.65 Å². The zero-order chi connectivity index (χ0) is 21.4. The topological polar surface area (TPSA) is 124 Å². The number of benzene rings is 1. The summed E-state index contributed by atoms with van der Waals surface area (Å²) in [6, 6.07) is 5.64. The summed E-state index contributed by atoms with van der Waals surface area (Å²) >= 11 is 6.19. The van der Waals surface area contributed by atoms with E-state index in [0.717, 1.165) is 0 Å².